The summed E-state index contributed by atoms with van der Waals surface area (Å²) in [4.78, 5) is 2.32. The largest absolute Gasteiger partial charge is 0.297 e. The average Bonchev–Trinajstić information content (AvgIpc) is 3.22. The average molecular weight is 375 g/mol. The molecule has 1 aliphatic heterocycles. The van der Waals surface area contributed by atoms with Crippen molar-refractivity contribution < 1.29 is 0 Å². The van der Waals surface area contributed by atoms with Gasteiger partial charge in [-0.1, -0.05) is 97.1 Å². The van der Waals surface area contributed by atoms with Crippen LogP contribution in [0.25, 0.3) is 0 Å². The van der Waals surface area contributed by atoms with E-state index in [2.05, 4.69) is 113 Å². The fourth-order valence-corrected chi connectivity index (χ4v) is 3.76. The molecule has 1 heterocycles. The van der Waals surface area contributed by atoms with Crippen molar-refractivity contribution in [3.63, 3.8) is 0 Å². The quantitative estimate of drug-likeness (QED) is 0.431. The van der Waals surface area contributed by atoms with Gasteiger partial charge in [0.2, 0.25) is 0 Å². The molecule has 0 aliphatic carbocycles. The monoisotopic (exact) mass is 375 g/mol. The molecular formula is C26H21N3. The lowest BCUT2D eigenvalue weighted by Gasteiger charge is -2.32. The van der Waals surface area contributed by atoms with Crippen LogP contribution in [0.2, 0.25) is 0 Å². The van der Waals surface area contributed by atoms with E-state index in [-0.39, 0.29) is 6.17 Å². The lowest BCUT2D eigenvalue weighted by atomic mass is 10.1. The van der Waals surface area contributed by atoms with E-state index in [4.69, 9.17) is 5.10 Å². The van der Waals surface area contributed by atoms with E-state index in [0.29, 0.717) is 0 Å². The first-order valence-electron chi connectivity index (χ1n) is 9.79. The summed E-state index contributed by atoms with van der Waals surface area (Å²) >= 11 is 0. The number of nitrogens with zero attached hydrogens (tertiary/aromatic N) is 3. The zero-order valence-corrected chi connectivity index (χ0v) is 16.0. The molecule has 0 radical (unpaired) electrons. The number of rotatable bonds is 4. The fourth-order valence-electron chi connectivity index (χ4n) is 3.76. The Hall–Kier alpha value is -3.85. The van der Waals surface area contributed by atoms with E-state index in [1.165, 1.54) is 5.56 Å². The van der Waals surface area contributed by atoms with E-state index in [1.807, 2.05) is 18.2 Å². The van der Waals surface area contributed by atoms with Crippen LogP contribution in [0, 0.1) is 0 Å². The van der Waals surface area contributed by atoms with Gasteiger partial charge in [-0.15, -0.1) is 0 Å². The molecule has 0 saturated heterocycles. The number of hydrogen-bond donors (Lipinski definition) is 0. The molecule has 5 rings (SSSR count). The summed E-state index contributed by atoms with van der Waals surface area (Å²) in [6.45, 7) is 0. The van der Waals surface area contributed by atoms with Crippen molar-refractivity contribution in [3.05, 3.63) is 132 Å². The van der Waals surface area contributed by atoms with Gasteiger partial charge in [0, 0.05) is 11.3 Å². The van der Waals surface area contributed by atoms with Crippen molar-refractivity contribution >= 4 is 17.2 Å². The molecule has 1 aliphatic rings. The van der Waals surface area contributed by atoms with Crippen molar-refractivity contribution in [2.45, 2.75) is 6.17 Å². The predicted molar refractivity (Wildman–Crippen MR) is 120 cm³/mol. The maximum atomic E-state index is 5.12. The second kappa shape index (κ2) is 7.64. The van der Waals surface area contributed by atoms with Gasteiger partial charge < -0.3 is 0 Å². The first-order chi connectivity index (χ1) is 14.4. The SMILES string of the molecule is c1ccc(C2=NN(c3ccccc3)[C@@H](c3ccccc3)N2c2ccccc2)cc1. The van der Waals surface area contributed by atoms with Crippen molar-refractivity contribution in [2.24, 2.45) is 5.10 Å². The highest BCUT2D eigenvalue weighted by atomic mass is 15.6. The molecule has 0 N–H and O–H groups in total. The van der Waals surface area contributed by atoms with Gasteiger partial charge in [-0.2, -0.15) is 5.10 Å². The van der Waals surface area contributed by atoms with E-state index >= 15 is 0 Å². The zero-order valence-electron chi connectivity index (χ0n) is 16.0. The fraction of sp³-hybridized carbons (Fsp3) is 0.0385. The predicted octanol–water partition coefficient (Wildman–Crippen LogP) is 6.07. The van der Waals surface area contributed by atoms with Crippen LogP contribution in [0.5, 0.6) is 0 Å². The molecule has 0 fully saturated rings. The smallest absolute Gasteiger partial charge is 0.162 e. The molecule has 0 bridgehead atoms. The Bertz CT molecular complexity index is 1090. The van der Waals surface area contributed by atoms with Crippen molar-refractivity contribution in [1.29, 1.82) is 0 Å². The summed E-state index contributed by atoms with van der Waals surface area (Å²) in [5.41, 5.74) is 4.46. The molecule has 0 spiro atoms. The third-order valence-electron chi connectivity index (χ3n) is 5.09. The molecule has 140 valence electrons. The maximum absolute atomic E-state index is 5.12. The van der Waals surface area contributed by atoms with Gasteiger partial charge in [0.05, 0.1) is 5.69 Å². The highest BCUT2D eigenvalue weighted by Gasteiger charge is 2.37. The Labute approximate surface area is 171 Å². The minimum atomic E-state index is -0.0730. The molecule has 3 nitrogen and oxygen atoms in total. The van der Waals surface area contributed by atoms with E-state index in [9.17, 15) is 0 Å². The van der Waals surface area contributed by atoms with Crippen LogP contribution in [0.3, 0.4) is 0 Å². The lowest BCUT2D eigenvalue weighted by Crippen LogP contribution is -2.35. The van der Waals surface area contributed by atoms with Gasteiger partial charge in [-0.3, -0.25) is 4.90 Å². The second-order valence-corrected chi connectivity index (χ2v) is 6.96. The summed E-state index contributed by atoms with van der Waals surface area (Å²) in [6, 6.07) is 41.8. The van der Waals surface area contributed by atoms with Crippen LogP contribution in [0.4, 0.5) is 11.4 Å². The number of hydrogen-bond acceptors (Lipinski definition) is 3. The Kier molecular flexibility index (Phi) is 4.55. The number of anilines is 2. The number of benzene rings is 4. The summed E-state index contributed by atoms with van der Waals surface area (Å²) < 4.78 is 0. The molecule has 4 aromatic rings. The molecule has 0 aromatic heterocycles. The Morgan fingerprint density at radius 3 is 1.59 bits per heavy atom. The Morgan fingerprint density at radius 2 is 1.00 bits per heavy atom. The minimum absolute atomic E-state index is 0.0730. The Balaban J connectivity index is 1.72. The number of hydrazone groups is 1. The van der Waals surface area contributed by atoms with Crippen molar-refractivity contribution in [1.82, 2.24) is 0 Å². The van der Waals surface area contributed by atoms with Crippen molar-refractivity contribution in [2.75, 3.05) is 9.91 Å². The summed E-state index contributed by atoms with van der Waals surface area (Å²) in [5.74, 6) is 0.939. The van der Waals surface area contributed by atoms with E-state index in [0.717, 1.165) is 22.8 Å². The lowest BCUT2D eigenvalue weighted by molar-refractivity contribution is 0.703. The van der Waals surface area contributed by atoms with Crippen molar-refractivity contribution in [3.8, 4) is 0 Å². The van der Waals surface area contributed by atoms with Gasteiger partial charge in [0.15, 0.2) is 12.0 Å². The normalized spacial score (nSPS) is 16.0. The molecular weight excluding hydrogens is 354 g/mol. The standard InChI is InChI=1S/C26H21N3/c1-5-13-21(14-6-1)25-27-29(24-19-11-4-12-20-24)26(22-15-7-2-8-16-22)28(25)23-17-9-3-10-18-23/h1-20,26H/t26-/m0/s1. The first kappa shape index (κ1) is 17.3. The molecule has 0 saturated carbocycles. The van der Waals surface area contributed by atoms with Gasteiger partial charge in [0.1, 0.15) is 0 Å². The van der Waals surface area contributed by atoms with Crippen LogP contribution in [0.15, 0.2) is 126 Å². The second-order valence-electron chi connectivity index (χ2n) is 6.96. The van der Waals surface area contributed by atoms with Gasteiger partial charge >= 0.3 is 0 Å². The summed E-state index contributed by atoms with van der Waals surface area (Å²) in [5, 5.41) is 7.24. The third kappa shape index (κ3) is 3.27. The molecule has 0 unspecified atom stereocenters. The molecule has 1 atom stereocenters. The topological polar surface area (TPSA) is 18.8 Å². The van der Waals surface area contributed by atoms with Crippen LogP contribution in [-0.4, -0.2) is 5.84 Å². The van der Waals surface area contributed by atoms with E-state index < -0.39 is 0 Å². The van der Waals surface area contributed by atoms with Gasteiger partial charge in [-0.05, 0) is 29.8 Å². The van der Waals surface area contributed by atoms with Crippen LogP contribution in [0.1, 0.15) is 17.3 Å². The summed E-state index contributed by atoms with van der Waals surface area (Å²) in [7, 11) is 0. The highest BCUT2D eigenvalue weighted by molar-refractivity contribution is 6.12. The zero-order chi connectivity index (χ0) is 19.5. The summed E-state index contributed by atoms with van der Waals surface area (Å²) in [6.07, 6.45) is -0.0730. The molecule has 4 aromatic carbocycles. The number of amidine groups is 1. The van der Waals surface area contributed by atoms with Gasteiger partial charge in [-0.25, -0.2) is 5.01 Å². The van der Waals surface area contributed by atoms with Crippen LogP contribution in [-0.2, 0) is 0 Å². The third-order valence-corrected chi connectivity index (χ3v) is 5.09. The molecule has 0 amide bonds. The van der Waals surface area contributed by atoms with E-state index in [1.54, 1.807) is 0 Å². The van der Waals surface area contributed by atoms with Crippen LogP contribution >= 0.6 is 0 Å². The van der Waals surface area contributed by atoms with Crippen LogP contribution < -0.4 is 9.91 Å². The molecule has 29 heavy (non-hydrogen) atoms. The highest BCUT2D eigenvalue weighted by Crippen LogP contribution is 2.39. The Morgan fingerprint density at radius 1 is 0.517 bits per heavy atom. The number of para-hydroxylation sites is 2. The maximum Gasteiger partial charge on any atom is 0.162 e. The molecule has 3 heteroatoms. The van der Waals surface area contributed by atoms with Gasteiger partial charge in [0.25, 0.3) is 0 Å². The minimum Gasteiger partial charge on any atom is -0.297 e. The first-order valence-corrected chi connectivity index (χ1v) is 9.79.